The Hall–Kier alpha value is -2.74. The minimum Gasteiger partial charge on any atom is -0.387 e. The average Bonchev–Trinajstić information content (AvgIpc) is 3.18. The van der Waals surface area contributed by atoms with Gasteiger partial charge >= 0.3 is 0 Å². The van der Waals surface area contributed by atoms with Crippen molar-refractivity contribution in [2.24, 2.45) is 0 Å². The van der Waals surface area contributed by atoms with Crippen LogP contribution < -0.4 is 5.32 Å². The molecule has 1 atom stereocenters. The first-order valence-corrected chi connectivity index (χ1v) is 9.58. The fourth-order valence-corrected chi connectivity index (χ4v) is 3.58. The Morgan fingerprint density at radius 2 is 1.86 bits per heavy atom. The molecule has 0 bridgehead atoms. The van der Waals surface area contributed by atoms with E-state index in [4.69, 9.17) is 0 Å². The molecule has 1 aliphatic heterocycles. The van der Waals surface area contributed by atoms with E-state index in [1.807, 2.05) is 48.5 Å². The van der Waals surface area contributed by atoms with Crippen LogP contribution >= 0.6 is 0 Å². The molecule has 0 saturated carbocycles. The van der Waals surface area contributed by atoms with Crippen molar-refractivity contribution >= 4 is 22.5 Å². The summed E-state index contributed by atoms with van der Waals surface area (Å²) >= 11 is 0. The molecule has 28 heavy (non-hydrogen) atoms. The van der Waals surface area contributed by atoms with E-state index in [9.17, 15) is 9.90 Å². The predicted octanol–water partition coefficient (Wildman–Crippen LogP) is 1.85. The van der Waals surface area contributed by atoms with E-state index in [0.717, 1.165) is 48.3 Å². The maximum absolute atomic E-state index is 12.4. The third-order valence-electron chi connectivity index (χ3n) is 5.17. The molecule has 1 aliphatic rings. The third-order valence-corrected chi connectivity index (χ3v) is 5.17. The SMILES string of the molecule is O=C(CN1CCN(CC(O)c2ccccc2)CC1)Nc1ccc2[nH]ncc2c1. The zero-order valence-corrected chi connectivity index (χ0v) is 15.7. The number of benzene rings is 2. The number of rotatable bonds is 6. The lowest BCUT2D eigenvalue weighted by atomic mass is 10.1. The third kappa shape index (κ3) is 4.56. The van der Waals surface area contributed by atoms with Crippen LogP contribution in [0.3, 0.4) is 0 Å². The summed E-state index contributed by atoms with van der Waals surface area (Å²) in [5, 5.41) is 21.2. The second kappa shape index (κ2) is 8.52. The number of hydrogen-bond donors (Lipinski definition) is 3. The number of aliphatic hydroxyl groups excluding tert-OH is 1. The number of fused-ring (bicyclic) bond motifs is 1. The van der Waals surface area contributed by atoms with Gasteiger partial charge in [-0.2, -0.15) is 5.10 Å². The van der Waals surface area contributed by atoms with E-state index in [2.05, 4.69) is 25.3 Å². The summed E-state index contributed by atoms with van der Waals surface area (Å²) in [5.74, 6) is -0.0133. The Balaban J connectivity index is 1.23. The van der Waals surface area contributed by atoms with E-state index < -0.39 is 6.10 Å². The van der Waals surface area contributed by atoms with E-state index in [-0.39, 0.29) is 5.91 Å². The van der Waals surface area contributed by atoms with Gasteiger partial charge in [0.05, 0.1) is 24.4 Å². The van der Waals surface area contributed by atoms with Gasteiger partial charge in [-0.25, -0.2) is 0 Å². The molecule has 146 valence electrons. The van der Waals surface area contributed by atoms with Crippen LogP contribution in [-0.2, 0) is 4.79 Å². The molecule has 1 aromatic heterocycles. The Kier molecular flexibility index (Phi) is 5.66. The number of β-amino-alcohol motifs (C(OH)–C–C–N with tert-alkyl or cyclic N) is 1. The van der Waals surface area contributed by atoms with E-state index in [1.54, 1.807) is 6.20 Å². The standard InChI is InChI=1S/C21H25N5O2/c27-20(16-4-2-1-3-5-16)14-25-8-10-26(11-9-25)15-21(28)23-18-6-7-19-17(12-18)13-22-24-19/h1-7,12-13,20,27H,8-11,14-15H2,(H,22,24)(H,23,28). The van der Waals surface area contributed by atoms with Gasteiger partial charge in [0.2, 0.25) is 5.91 Å². The molecule has 3 N–H and O–H groups in total. The second-order valence-electron chi connectivity index (χ2n) is 7.22. The zero-order chi connectivity index (χ0) is 19.3. The maximum Gasteiger partial charge on any atom is 0.238 e. The van der Waals surface area contributed by atoms with Gasteiger partial charge in [0.25, 0.3) is 0 Å². The van der Waals surface area contributed by atoms with Gasteiger partial charge in [-0.1, -0.05) is 30.3 Å². The topological polar surface area (TPSA) is 84.5 Å². The monoisotopic (exact) mass is 379 g/mol. The van der Waals surface area contributed by atoms with Gasteiger partial charge in [-0.3, -0.25) is 19.7 Å². The van der Waals surface area contributed by atoms with Gasteiger partial charge in [0.1, 0.15) is 0 Å². The lowest BCUT2D eigenvalue weighted by Gasteiger charge is -2.35. The molecular formula is C21H25N5O2. The molecule has 2 aromatic carbocycles. The number of carbonyl (C=O) groups is 1. The van der Waals surface area contributed by atoms with Crippen LogP contribution in [0.1, 0.15) is 11.7 Å². The molecule has 1 amide bonds. The van der Waals surface area contributed by atoms with Crippen LogP contribution in [-0.4, -0.2) is 70.3 Å². The van der Waals surface area contributed by atoms with Crippen LogP contribution in [0.2, 0.25) is 0 Å². The van der Waals surface area contributed by atoms with Crippen molar-refractivity contribution in [2.45, 2.75) is 6.10 Å². The lowest BCUT2D eigenvalue weighted by molar-refractivity contribution is -0.117. The molecule has 0 aliphatic carbocycles. The van der Waals surface area contributed by atoms with Crippen LogP contribution in [0, 0.1) is 0 Å². The van der Waals surface area contributed by atoms with Crippen molar-refractivity contribution in [2.75, 3.05) is 44.6 Å². The lowest BCUT2D eigenvalue weighted by Crippen LogP contribution is -2.49. The first-order chi connectivity index (χ1) is 13.7. The smallest absolute Gasteiger partial charge is 0.238 e. The summed E-state index contributed by atoms with van der Waals surface area (Å²) < 4.78 is 0. The van der Waals surface area contributed by atoms with Crippen molar-refractivity contribution in [3.8, 4) is 0 Å². The fourth-order valence-electron chi connectivity index (χ4n) is 3.58. The second-order valence-corrected chi connectivity index (χ2v) is 7.22. The minimum absolute atomic E-state index is 0.0133. The fraction of sp³-hybridized carbons (Fsp3) is 0.333. The maximum atomic E-state index is 12.4. The van der Waals surface area contributed by atoms with Gasteiger partial charge in [0, 0.05) is 43.8 Å². The molecule has 1 saturated heterocycles. The number of anilines is 1. The number of H-pyrrole nitrogens is 1. The molecule has 0 spiro atoms. The van der Waals surface area contributed by atoms with Crippen molar-refractivity contribution in [1.29, 1.82) is 0 Å². The van der Waals surface area contributed by atoms with Crippen molar-refractivity contribution < 1.29 is 9.90 Å². The largest absolute Gasteiger partial charge is 0.387 e. The Morgan fingerprint density at radius 3 is 2.64 bits per heavy atom. The van der Waals surface area contributed by atoms with Crippen molar-refractivity contribution in [1.82, 2.24) is 20.0 Å². The number of aromatic amines is 1. The summed E-state index contributed by atoms with van der Waals surface area (Å²) in [6, 6.07) is 15.4. The predicted molar refractivity (Wildman–Crippen MR) is 109 cm³/mol. The van der Waals surface area contributed by atoms with Crippen LogP contribution in [0.15, 0.2) is 54.7 Å². The number of carbonyl (C=O) groups excluding carboxylic acids is 1. The molecule has 0 radical (unpaired) electrons. The average molecular weight is 379 g/mol. The summed E-state index contributed by atoms with van der Waals surface area (Å²) in [5.41, 5.74) is 2.68. The first-order valence-electron chi connectivity index (χ1n) is 9.58. The van der Waals surface area contributed by atoms with E-state index in [0.29, 0.717) is 13.1 Å². The number of amides is 1. The minimum atomic E-state index is -0.478. The first kappa shape index (κ1) is 18.6. The zero-order valence-electron chi connectivity index (χ0n) is 15.7. The normalized spacial score (nSPS) is 16.9. The Morgan fingerprint density at radius 1 is 1.11 bits per heavy atom. The number of aromatic nitrogens is 2. The van der Waals surface area contributed by atoms with Gasteiger partial charge < -0.3 is 10.4 Å². The number of nitrogens with zero attached hydrogens (tertiary/aromatic N) is 3. The van der Waals surface area contributed by atoms with Gasteiger partial charge in [0.15, 0.2) is 0 Å². The van der Waals surface area contributed by atoms with E-state index >= 15 is 0 Å². The quantitative estimate of drug-likeness (QED) is 0.609. The number of nitrogens with one attached hydrogen (secondary N) is 2. The molecule has 1 unspecified atom stereocenters. The van der Waals surface area contributed by atoms with Crippen molar-refractivity contribution in [3.05, 3.63) is 60.3 Å². The number of piperazine rings is 1. The summed E-state index contributed by atoms with van der Waals surface area (Å²) in [4.78, 5) is 16.8. The van der Waals surface area contributed by atoms with E-state index in [1.165, 1.54) is 0 Å². The molecule has 7 heteroatoms. The highest BCUT2D eigenvalue weighted by molar-refractivity contribution is 5.94. The van der Waals surface area contributed by atoms with Crippen LogP contribution in [0.25, 0.3) is 10.9 Å². The highest BCUT2D eigenvalue weighted by Gasteiger charge is 2.21. The van der Waals surface area contributed by atoms with Crippen LogP contribution in [0.5, 0.6) is 0 Å². The summed E-state index contributed by atoms with van der Waals surface area (Å²) in [6.45, 7) is 4.31. The summed E-state index contributed by atoms with van der Waals surface area (Å²) in [7, 11) is 0. The Bertz CT molecular complexity index is 919. The summed E-state index contributed by atoms with van der Waals surface area (Å²) in [6.07, 6.45) is 1.27. The number of hydrogen-bond acceptors (Lipinski definition) is 5. The molecule has 4 rings (SSSR count). The van der Waals surface area contributed by atoms with Crippen molar-refractivity contribution in [3.63, 3.8) is 0 Å². The van der Waals surface area contributed by atoms with Gasteiger partial charge in [-0.05, 0) is 23.8 Å². The van der Waals surface area contributed by atoms with Crippen LogP contribution in [0.4, 0.5) is 5.69 Å². The Labute approximate surface area is 164 Å². The molecule has 3 aromatic rings. The molecular weight excluding hydrogens is 354 g/mol. The van der Waals surface area contributed by atoms with Gasteiger partial charge in [-0.15, -0.1) is 0 Å². The highest BCUT2D eigenvalue weighted by atomic mass is 16.3. The highest BCUT2D eigenvalue weighted by Crippen LogP contribution is 2.17. The number of aliphatic hydroxyl groups is 1. The molecule has 7 nitrogen and oxygen atoms in total. The molecule has 1 fully saturated rings. The molecule has 2 heterocycles.